The molecule has 0 bridgehead atoms. The van der Waals surface area contributed by atoms with Gasteiger partial charge in [0.1, 0.15) is 0 Å². The Labute approximate surface area is 87.6 Å². The highest BCUT2D eigenvalue weighted by Gasteiger charge is 2.09. The maximum absolute atomic E-state index is 5.56. The summed E-state index contributed by atoms with van der Waals surface area (Å²) >= 11 is 1.47. The van der Waals surface area contributed by atoms with Crippen LogP contribution in [-0.2, 0) is 4.74 Å². The summed E-state index contributed by atoms with van der Waals surface area (Å²) in [6.45, 7) is 0.883. The second-order valence-corrected chi connectivity index (χ2v) is 4.26. The van der Waals surface area contributed by atoms with Crippen LogP contribution < -0.4 is 5.73 Å². The van der Waals surface area contributed by atoms with Crippen LogP contribution in [0, 0.1) is 0 Å². The Morgan fingerprint density at radius 3 is 3.14 bits per heavy atom. The summed E-state index contributed by atoms with van der Waals surface area (Å²) in [6.07, 6.45) is 7.90. The molecule has 4 heteroatoms. The molecule has 1 fully saturated rings. The van der Waals surface area contributed by atoms with Crippen molar-refractivity contribution in [1.82, 2.24) is 4.98 Å². The van der Waals surface area contributed by atoms with E-state index in [-0.39, 0.29) is 6.10 Å². The first-order valence-corrected chi connectivity index (χ1v) is 5.73. The van der Waals surface area contributed by atoms with Crippen LogP contribution in [0.2, 0.25) is 0 Å². The van der Waals surface area contributed by atoms with Crippen LogP contribution >= 0.6 is 11.3 Å². The number of rotatable bonds is 2. The Morgan fingerprint density at radius 1 is 1.57 bits per heavy atom. The molecule has 1 aromatic heterocycles. The van der Waals surface area contributed by atoms with Crippen LogP contribution in [0.15, 0.2) is 11.5 Å². The van der Waals surface area contributed by atoms with E-state index in [4.69, 9.17) is 10.5 Å². The van der Waals surface area contributed by atoms with Gasteiger partial charge < -0.3 is 10.5 Å². The number of ether oxygens (including phenoxy) is 1. The van der Waals surface area contributed by atoms with Crippen LogP contribution in [0.1, 0.15) is 25.0 Å². The highest BCUT2D eigenvalue weighted by molar-refractivity contribution is 7.13. The zero-order valence-corrected chi connectivity index (χ0v) is 8.80. The molecular weight excluding hydrogens is 196 g/mol. The van der Waals surface area contributed by atoms with Crippen molar-refractivity contribution in [2.75, 3.05) is 12.3 Å². The summed E-state index contributed by atoms with van der Waals surface area (Å²) in [5, 5.41) is 2.57. The SMILES string of the molecule is Nc1nc(C=CC2CCCCO2)cs1. The molecule has 2 N–H and O–H groups in total. The van der Waals surface area contributed by atoms with Crippen molar-refractivity contribution in [1.29, 1.82) is 0 Å². The lowest BCUT2D eigenvalue weighted by molar-refractivity contribution is 0.0471. The van der Waals surface area contributed by atoms with E-state index >= 15 is 0 Å². The van der Waals surface area contributed by atoms with Crippen molar-refractivity contribution in [2.24, 2.45) is 0 Å². The summed E-state index contributed by atoms with van der Waals surface area (Å²) in [7, 11) is 0. The standard InChI is InChI=1S/C10H14N2OS/c11-10-12-8(7-14-10)4-5-9-3-1-2-6-13-9/h4-5,7,9H,1-3,6H2,(H2,11,12). The zero-order chi connectivity index (χ0) is 9.80. The molecule has 0 aliphatic carbocycles. The minimum atomic E-state index is 0.270. The van der Waals surface area contributed by atoms with E-state index in [2.05, 4.69) is 11.1 Å². The monoisotopic (exact) mass is 210 g/mol. The van der Waals surface area contributed by atoms with Gasteiger partial charge >= 0.3 is 0 Å². The number of anilines is 1. The van der Waals surface area contributed by atoms with Crippen LogP contribution in [0.25, 0.3) is 6.08 Å². The Morgan fingerprint density at radius 2 is 2.50 bits per heavy atom. The summed E-state index contributed by atoms with van der Waals surface area (Å²) in [5.41, 5.74) is 6.46. The summed E-state index contributed by atoms with van der Waals surface area (Å²) in [5.74, 6) is 0. The number of aromatic nitrogens is 1. The first kappa shape index (κ1) is 9.68. The van der Waals surface area contributed by atoms with Gasteiger partial charge in [-0.1, -0.05) is 6.08 Å². The molecular formula is C10H14N2OS. The first-order chi connectivity index (χ1) is 6.84. The topological polar surface area (TPSA) is 48.1 Å². The summed E-state index contributed by atoms with van der Waals surface area (Å²) in [4.78, 5) is 4.15. The Bertz CT molecular complexity index is 316. The molecule has 0 saturated carbocycles. The van der Waals surface area contributed by atoms with Gasteiger partial charge in [0.05, 0.1) is 11.8 Å². The molecule has 3 nitrogen and oxygen atoms in total. The van der Waals surface area contributed by atoms with Gasteiger partial charge in [-0.3, -0.25) is 0 Å². The minimum Gasteiger partial charge on any atom is -0.375 e. The Balaban J connectivity index is 1.92. The Kier molecular flexibility index (Phi) is 3.16. The van der Waals surface area contributed by atoms with Crippen molar-refractivity contribution in [2.45, 2.75) is 25.4 Å². The third kappa shape index (κ3) is 2.56. The van der Waals surface area contributed by atoms with E-state index in [9.17, 15) is 0 Å². The zero-order valence-electron chi connectivity index (χ0n) is 7.98. The van der Waals surface area contributed by atoms with Crippen LogP contribution in [0.5, 0.6) is 0 Å². The number of nitrogens with two attached hydrogens (primary N) is 1. The third-order valence-corrected chi connectivity index (χ3v) is 2.93. The average molecular weight is 210 g/mol. The van der Waals surface area contributed by atoms with Crippen molar-refractivity contribution in [3.05, 3.63) is 17.2 Å². The highest BCUT2D eigenvalue weighted by Crippen LogP contribution is 2.16. The predicted octanol–water partition coefficient (Wildman–Crippen LogP) is 2.31. The van der Waals surface area contributed by atoms with Gasteiger partial charge in [0.15, 0.2) is 5.13 Å². The molecule has 1 aliphatic heterocycles. The fraction of sp³-hybridized carbons (Fsp3) is 0.500. The molecule has 1 saturated heterocycles. The minimum absolute atomic E-state index is 0.270. The molecule has 14 heavy (non-hydrogen) atoms. The first-order valence-electron chi connectivity index (χ1n) is 4.85. The fourth-order valence-corrected chi connectivity index (χ4v) is 2.03. The van der Waals surface area contributed by atoms with Crippen molar-refractivity contribution < 1.29 is 4.74 Å². The lowest BCUT2D eigenvalue weighted by Crippen LogP contribution is -2.15. The molecule has 0 radical (unpaired) electrons. The molecule has 1 atom stereocenters. The van der Waals surface area contributed by atoms with Gasteiger partial charge in [0.2, 0.25) is 0 Å². The predicted molar refractivity (Wildman–Crippen MR) is 59.2 cm³/mol. The van der Waals surface area contributed by atoms with E-state index in [1.165, 1.54) is 24.2 Å². The molecule has 0 aromatic carbocycles. The lowest BCUT2D eigenvalue weighted by Gasteiger charge is -2.18. The number of thiazole rings is 1. The van der Waals surface area contributed by atoms with Gasteiger partial charge in [0, 0.05) is 12.0 Å². The maximum atomic E-state index is 5.56. The number of nitrogens with zero attached hydrogens (tertiary/aromatic N) is 1. The smallest absolute Gasteiger partial charge is 0.180 e. The normalized spacial score (nSPS) is 23.0. The fourth-order valence-electron chi connectivity index (χ4n) is 1.50. The molecule has 2 rings (SSSR count). The van der Waals surface area contributed by atoms with Gasteiger partial charge in [-0.2, -0.15) is 0 Å². The van der Waals surface area contributed by atoms with Crippen molar-refractivity contribution in [3.8, 4) is 0 Å². The van der Waals surface area contributed by atoms with Crippen LogP contribution in [0.3, 0.4) is 0 Å². The molecule has 1 aliphatic rings. The highest BCUT2D eigenvalue weighted by atomic mass is 32.1. The average Bonchev–Trinajstić information content (AvgIpc) is 2.63. The van der Waals surface area contributed by atoms with E-state index in [0.29, 0.717) is 5.13 Å². The lowest BCUT2D eigenvalue weighted by atomic mass is 10.1. The summed E-state index contributed by atoms with van der Waals surface area (Å²) < 4.78 is 5.56. The van der Waals surface area contributed by atoms with Gasteiger partial charge in [-0.05, 0) is 25.3 Å². The van der Waals surface area contributed by atoms with Crippen molar-refractivity contribution in [3.63, 3.8) is 0 Å². The summed E-state index contributed by atoms with van der Waals surface area (Å²) in [6, 6.07) is 0. The van der Waals surface area contributed by atoms with E-state index < -0.39 is 0 Å². The molecule has 1 unspecified atom stereocenters. The van der Waals surface area contributed by atoms with Crippen LogP contribution in [-0.4, -0.2) is 17.7 Å². The second kappa shape index (κ2) is 4.57. The molecule has 1 aromatic rings. The number of nitrogen functional groups attached to an aromatic ring is 1. The molecule has 0 amide bonds. The maximum Gasteiger partial charge on any atom is 0.180 e. The van der Waals surface area contributed by atoms with Gasteiger partial charge in [-0.25, -0.2) is 4.98 Å². The van der Waals surface area contributed by atoms with Gasteiger partial charge in [-0.15, -0.1) is 11.3 Å². The van der Waals surface area contributed by atoms with Gasteiger partial charge in [0.25, 0.3) is 0 Å². The van der Waals surface area contributed by atoms with E-state index in [0.717, 1.165) is 18.7 Å². The van der Waals surface area contributed by atoms with E-state index in [1.54, 1.807) is 0 Å². The number of hydrogen-bond acceptors (Lipinski definition) is 4. The third-order valence-electron chi connectivity index (χ3n) is 2.24. The number of hydrogen-bond donors (Lipinski definition) is 1. The molecule has 2 heterocycles. The van der Waals surface area contributed by atoms with E-state index in [1.807, 2.05) is 11.5 Å². The second-order valence-electron chi connectivity index (χ2n) is 3.37. The van der Waals surface area contributed by atoms with Crippen LogP contribution in [0.4, 0.5) is 5.13 Å². The molecule has 0 spiro atoms. The quantitative estimate of drug-likeness (QED) is 0.814. The van der Waals surface area contributed by atoms with Crippen molar-refractivity contribution >= 4 is 22.5 Å². The molecule has 76 valence electrons. The largest absolute Gasteiger partial charge is 0.375 e. The Hall–Kier alpha value is -0.870.